The normalized spacial score (nSPS) is 14.7. The largest absolute Gasteiger partial charge is 0.490 e. The van der Waals surface area contributed by atoms with Gasteiger partial charge in [-0.2, -0.15) is 5.26 Å². The number of ether oxygens (including phenoxy) is 6. The summed E-state index contributed by atoms with van der Waals surface area (Å²) in [6.45, 7) is 8.57. The number of methoxy groups -OCH3 is 2. The van der Waals surface area contributed by atoms with Crippen molar-refractivity contribution >= 4 is 0 Å². The highest BCUT2D eigenvalue weighted by molar-refractivity contribution is 5.65. The third-order valence-electron chi connectivity index (χ3n) is 7.75. The highest BCUT2D eigenvalue weighted by Crippen LogP contribution is 2.54. The summed E-state index contributed by atoms with van der Waals surface area (Å²) in [7, 11) is 3.06. The third kappa shape index (κ3) is 6.72. The second-order valence-corrected chi connectivity index (χ2v) is 9.96. The summed E-state index contributed by atoms with van der Waals surface area (Å²) in [6.07, 6.45) is 1.90. The molecule has 0 spiro atoms. The van der Waals surface area contributed by atoms with Gasteiger partial charge in [0, 0.05) is 16.9 Å². The Bertz CT molecular complexity index is 1180. The smallest absolute Gasteiger partial charge is 0.248 e. The molecule has 0 aliphatic carbocycles. The number of hydrogen-bond donors (Lipinski definition) is 0. The average molecular weight is 571 g/mol. The standard InChI is InChI=1S/C31H42N2O8/c1-7-21(8-2)31(20-32,23-19-26(38-9-3)29(36-5)30(37-6)28(23)39-10-4)17-13-14-22(33(34)35)18-27-40-24-15-11-12-16-25(24)41-27/h11-12,15-16,19,21-22,27H,7-10,13-14,17-18H2,1-6H3. The van der Waals surface area contributed by atoms with Crippen LogP contribution in [0, 0.1) is 27.4 Å². The Hall–Kier alpha value is -3.87. The molecule has 0 saturated heterocycles. The van der Waals surface area contributed by atoms with E-state index in [0.717, 1.165) is 12.8 Å². The number of fused-ring (bicyclic) bond motifs is 1. The van der Waals surface area contributed by atoms with Crippen molar-refractivity contribution in [3.63, 3.8) is 0 Å². The molecule has 41 heavy (non-hydrogen) atoms. The zero-order chi connectivity index (χ0) is 30.0. The Morgan fingerprint density at radius 3 is 2.10 bits per heavy atom. The molecule has 224 valence electrons. The summed E-state index contributed by atoms with van der Waals surface area (Å²) >= 11 is 0. The van der Waals surface area contributed by atoms with Gasteiger partial charge in [0.25, 0.3) is 0 Å². The Kier molecular flexibility index (Phi) is 11.3. The molecule has 2 aromatic carbocycles. The molecule has 2 atom stereocenters. The van der Waals surface area contributed by atoms with Gasteiger partial charge in [-0.25, -0.2) is 0 Å². The summed E-state index contributed by atoms with van der Waals surface area (Å²) in [4.78, 5) is 11.8. The molecule has 0 aromatic heterocycles. The molecule has 10 heteroatoms. The van der Waals surface area contributed by atoms with E-state index in [1.165, 1.54) is 14.2 Å². The van der Waals surface area contributed by atoms with Crippen molar-refractivity contribution in [1.29, 1.82) is 5.26 Å². The number of rotatable bonds is 17. The van der Waals surface area contributed by atoms with Gasteiger partial charge < -0.3 is 28.4 Å². The van der Waals surface area contributed by atoms with Crippen LogP contribution in [0.1, 0.15) is 71.8 Å². The van der Waals surface area contributed by atoms with Crippen LogP contribution in [0.5, 0.6) is 34.5 Å². The number of hydrogen-bond acceptors (Lipinski definition) is 9. The van der Waals surface area contributed by atoms with Gasteiger partial charge in [0.2, 0.25) is 23.8 Å². The van der Waals surface area contributed by atoms with E-state index in [9.17, 15) is 15.4 Å². The highest BCUT2D eigenvalue weighted by Gasteiger charge is 2.44. The molecule has 1 aliphatic heterocycles. The second kappa shape index (κ2) is 14.7. The second-order valence-electron chi connectivity index (χ2n) is 9.96. The molecule has 0 fully saturated rings. The van der Waals surface area contributed by atoms with E-state index in [0.29, 0.717) is 66.1 Å². The lowest BCUT2D eigenvalue weighted by Crippen LogP contribution is -2.35. The Balaban J connectivity index is 1.96. The van der Waals surface area contributed by atoms with Gasteiger partial charge in [0.15, 0.2) is 23.0 Å². The topological polar surface area (TPSA) is 122 Å². The third-order valence-corrected chi connectivity index (χ3v) is 7.75. The number of nitrogens with zero attached hydrogens (tertiary/aromatic N) is 2. The fourth-order valence-electron chi connectivity index (χ4n) is 5.81. The Morgan fingerprint density at radius 2 is 1.61 bits per heavy atom. The number of para-hydroxylation sites is 2. The van der Waals surface area contributed by atoms with E-state index in [1.807, 2.05) is 32.0 Å². The summed E-state index contributed by atoms with van der Waals surface area (Å²) < 4.78 is 35.0. The predicted molar refractivity (Wildman–Crippen MR) is 154 cm³/mol. The summed E-state index contributed by atoms with van der Waals surface area (Å²) in [5, 5.41) is 23.0. The van der Waals surface area contributed by atoms with Crippen LogP contribution in [0.25, 0.3) is 0 Å². The highest BCUT2D eigenvalue weighted by atomic mass is 16.7. The molecule has 1 aliphatic rings. The molecule has 2 unspecified atom stereocenters. The van der Waals surface area contributed by atoms with Crippen LogP contribution in [0.15, 0.2) is 30.3 Å². The minimum absolute atomic E-state index is 0.0515. The van der Waals surface area contributed by atoms with E-state index in [4.69, 9.17) is 28.4 Å². The molecule has 3 rings (SSSR count). The van der Waals surface area contributed by atoms with Crippen LogP contribution in [0.4, 0.5) is 0 Å². The molecule has 0 amide bonds. The maximum atomic E-state index is 12.1. The zero-order valence-electron chi connectivity index (χ0n) is 24.9. The van der Waals surface area contributed by atoms with Crippen molar-refractivity contribution in [2.45, 2.75) is 84.0 Å². The van der Waals surface area contributed by atoms with Crippen molar-refractivity contribution in [1.82, 2.24) is 0 Å². The van der Waals surface area contributed by atoms with Gasteiger partial charge in [-0.15, -0.1) is 0 Å². The number of benzene rings is 2. The maximum absolute atomic E-state index is 12.1. The van der Waals surface area contributed by atoms with Crippen LogP contribution in [-0.4, -0.2) is 44.7 Å². The van der Waals surface area contributed by atoms with E-state index >= 15 is 0 Å². The molecular weight excluding hydrogens is 528 g/mol. The fraction of sp³-hybridized carbons (Fsp3) is 0.581. The van der Waals surface area contributed by atoms with Crippen LogP contribution >= 0.6 is 0 Å². The lowest BCUT2D eigenvalue weighted by molar-refractivity contribution is -0.527. The van der Waals surface area contributed by atoms with Gasteiger partial charge in [0.05, 0.1) is 45.3 Å². The van der Waals surface area contributed by atoms with Gasteiger partial charge >= 0.3 is 0 Å². The van der Waals surface area contributed by atoms with Crippen molar-refractivity contribution in [2.24, 2.45) is 5.92 Å². The van der Waals surface area contributed by atoms with Gasteiger partial charge in [0.1, 0.15) is 0 Å². The molecule has 0 N–H and O–H groups in total. The summed E-state index contributed by atoms with van der Waals surface area (Å²) in [5.74, 6) is 2.75. The van der Waals surface area contributed by atoms with E-state index < -0.39 is 17.7 Å². The number of nitriles is 1. The van der Waals surface area contributed by atoms with Crippen LogP contribution in [0.3, 0.4) is 0 Å². The average Bonchev–Trinajstić information content (AvgIpc) is 3.39. The summed E-state index contributed by atoms with van der Waals surface area (Å²) in [6, 6.07) is 10.8. The van der Waals surface area contributed by atoms with Gasteiger partial charge in [-0.3, -0.25) is 10.1 Å². The molecule has 0 radical (unpaired) electrons. The predicted octanol–water partition coefficient (Wildman–Crippen LogP) is 6.70. The molecule has 1 heterocycles. The first-order chi connectivity index (χ1) is 19.8. The minimum Gasteiger partial charge on any atom is -0.490 e. The van der Waals surface area contributed by atoms with E-state index in [1.54, 1.807) is 12.1 Å². The quantitative estimate of drug-likeness (QED) is 0.151. The van der Waals surface area contributed by atoms with E-state index in [-0.39, 0.29) is 23.7 Å². The van der Waals surface area contributed by atoms with Crippen LogP contribution in [0.2, 0.25) is 0 Å². The fourth-order valence-corrected chi connectivity index (χ4v) is 5.81. The van der Waals surface area contributed by atoms with Crippen molar-refractivity contribution in [2.75, 3.05) is 27.4 Å². The summed E-state index contributed by atoms with van der Waals surface area (Å²) in [5.41, 5.74) is -0.371. The van der Waals surface area contributed by atoms with Crippen LogP contribution in [-0.2, 0) is 5.41 Å². The molecular formula is C31H42N2O8. The zero-order valence-corrected chi connectivity index (χ0v) is 24.9. The minimum atomic E-state index is -1.02. The first-order valence-electron chi connectivity index (χ1n) is 14.4. The van der Waals surface area contributed by atoms with Gasteiger partial charge in [-0.1, -0.05) is 38.8 Å². The van der Waals surface area contributed by atoms with Gasteiger partial charge in [-0.05, 0) is 50.8 Å². The monoisotopic (exact) mass is 570 g/mol. The molecule has 0 bridgehead atoms. The van der Waals surface area contributed by atoms with Crippen LogP contribution < -0.4 is 28.4 Å². The molecule has 10 nitrogen and oxygen atoms in total. The number of nitro groups is 1. The van der Waals surface area contributed by atoms with Crippen molar-refractivity contribution in [3.05, 3.63) is 46.0 Å². The maximum Gasteiger partial charge on any atom is 0.248 e. The van der Waals surface area contributed by atoms with Crippen molar-refractivity contribution < 1.29 is 33.3 Å². The Morgan fingerprint density at radius 1 is 1.00 bits per heavy atom. The first kappa shape index (κ1) is 31.7. The lowest BCUT2D eigenvalue weighted by Gasteiger charge is -2.37. The lowest BCUT2D eigenvalue weighted by atomic mass is 9.65. The Labute approximate surface area is 242 Å². The van der Waals surface area contributed by atoms with E-state index in [2.05, 4.69) is 19.9 Å². The molecule has 0 saturated carbocycles. The molecule has 2 aromatic rings. The van der Waals surface area contributed by atoms with Crippen molar-refractivity contribution in [3.8, 4) is 40.6 Å². The SMILES string of the molecule is CCOc1cc(C(C#N)(CCCC(CC2Oc3ccccc3O2)[N+](=O)[O-])C(CC)CC)c(OCC)c(OC)c1OC. The first-order valence-corrected chi connectivity index (χ1v) is 14.4.